The molecule has 0 N–H and O–H groups in total. The quantitative estimate of drug-likeness (QED) is 0.711. The maximum atomic E-state index is 12.8. The number of sulfone groups is 1. The number of morpholine rings is 1. The van der Waals surface area contributed by atoms with Crippen molar-refractivity contribution >= 4 is 20.0 Å². The number of hydrogen-bond donors (Lipinski definition) is 0. The van der Waals surface area contributed by atoms with E-state index in [0.717, 1.165) is 0 Å². The molecule has 124 valence electrons. The highest BCUT2D eigenvalue weighted by molar-refractivity contribution is 7.91. The lowest BCUT2D eigenvalue weighted by molar-refractivity contribution is -0.0456. The van der Waals surface area contributed by atoms with Crippen molar-refractivity contribution in [2.24, 2.45) is 0 Å². The van der Waals surface area contributed by atoms with E-state index in [-0.39, 0.29) is 30.3 Å². The second-order valence-corrected chi connectivity index (χ2v) is 9.95. The van der Waals surface area contributed by atoms with Crippen molar-refractivity contribution in [2.75, 3.05) is 31.1 Å². The average Bonchev–Trinajstić information content (AvgIpc) is 2.68. The number of nitrogens with zero attached hydrogens (tertiary/aromatic N) is 2. The van der Waals surface area contributed by atoms with Crippen molar-refractivity contribution < 1.29 is 21.6 Å². The van der Waals surface area contributed by atoms with Gasteiger partial charge in [-0.25, -0.2) is 8.42 Å². The van der Waals surface area contributed by atoms with E-state index in [1.807, 2.05) is 13.8 Å². The Morgan fingerprint density at radius 1 is 1.24 bits per heavy atom. The van der Waals surface area contributed by atoms with Gasteiger partial charge in [0.15, 0.2) is 9.84 Å². The maximum absolute atomic E-state index is 12.8. The number of hydrogen-bond acceptors (Lipinski definition) is 5. The summed E-state index contributed by atoms with van der Waals surface area (Å²) in [5.41, 5.74) is 0. The number of ether oxygens (including phenoxy) is 1. The molecule has 2 aliphatic heterocycles. The second kappa shape index (κ2) is 6.11. The van der Waals surface area contributed by atoms with Crippen LogP contribution in [0, 0.1) is 0 Å². The standard InChI is InChI=1S/C12H24N2O5S2/c1-4-14(12-5-6-20(15,16)9-12)21(17,18)13-7-10(2)19-11(3)8-13/h10-12H,4-9H2,1-3H3. The summed E-state index contributed by atoms with van der Waals surface area (Å²) in [6.07, 6.45) is 0.0641. The SMILES string of the molecule is CCN(C1CCS(=O)(=O)C1)S(=O)(=O)N1CC(C)OC(C)C1. The third kappa shape index (κ3) is 3.76. The van der Waals surface area contributed by atoms with Gasteiger partial charge in [-0.05, 0) is 20.3 Å². The first-order valence-electron chi connectivity index (χ1n) is 7.28. The minimum atomic E-state index is -3.65. The van der Waals surface area contributed by atoms with E-state index >= 15 is 0 Å². The summed E-state index contributed by atoms with van der Waals surface area (Å²) < 4.78 is 57.2. The fraction of sp³-hybridized carbons (Fsp3) is 1.00. The lowest BCUT2D eigenvalue weighted by Gasteiger charge is -2.38. The van der Waals surface area contributed by atoms with Crippen LogP contribution in [0.3, 0.4) is 0 Å². The molecule has 2 rings (SSSR count). The highest BCUT2D eigenvalue weighted by Crippen LogP contribution is 2.24. The van der Waals surface area contributed by atoms with Crippen LogP contribution < -0.4 is 0 Å². The van der Waals surface area contributed by atoms with E-state index < -0.39 is 26.1 Å². The smallest absolute Gasteiger partial charge is 0.282 e. The molecule has 0 saturated carbocycles. The average molecular weight is 340 g/mol. The van der Waals surface area contributed by atoms with Crippen molar-refractivity contribution in [3.63, 3.8) is 0 Å². The van der Waals surface area contributed by atoms with E-state index in [2.05, 4.69) is 0 Å². The predicted octanol–water partition coefficient (Wildman–Crippen LogP) is -0.151. The van der Waals surface area contributed by atoms with Crippen LogP contribution in [-0.4, -0.2) is 74.8 Å². The normalized spacial score (nSPS) is 34.4. The first-order valence-corrected chi connectivity index (χ1v) is 10.5. The monoisotopic (exact) mass is 340 g/mol. The van der Waals surface area contributed by atoms with Gasteiger partial charge in [-0.15, -0.1) is 0 Å². The molecule has 0 spiro atoms. The molecule has 2 saturated heterocycles. The van der Waals surface area contributed by atoms with Crippen LogP contribution in [0.5, 0.6) is 0 Å². The fourth-order valence-electron chi connectivity index (χ4n) is 3.08. The molecule has 0 aliphatic carbocycles. The van der Waals surface area contributed by atoms with E-state index in [9.17, 15) is 16.8 Å². The zero-order chi connectivity index (χ0) is 15.8. The molecule has 21 heavy (non-hydrogen) atoms. The molecular weight excluding hydrogens is 316 g/mol. The van der Waals surface area contributed by atoms with Gasteiger partial charge >= 0.3 is 0 Å². The Morgan fingerprint density at radius 3 is 2.24 bits per heavy atom. The fourth-order valence-corrected chi connectivity index (χ4v) is 6.88. The topological polar surface area (TPSA) is 84.0 Å². The van der Waals surface area contributed by atoms with Crippen LogP contribution in [0.4, 0.5) is 0 Å². The van der Waals surface area contributed by atoms with Crippen LogP contribution >= 0.6 is 0 Å². The van der Waals surface area contributed by atoms with Crippen LogP contribution in [0.1, 0.15) is 27.2 Å². The molecule has 2 aliphatic rings. The van der Waals surface area contributed by atoms with Crippen LogP contribution in [0.25, 0.3) is 0 Å². The molecular formula is C12H24N2O5S2. The van der Waals surface area contributed by atoms with Crippen LogP contribution in [-0.2, 0) is 24.8 Å². The Balaban J connectivity index is 2.20. The molecule has 0 bridgehead atoms. The Hall–Kier alpha value is -0.220. The zero-order valence-electron chi connectivity index (χ0n) is 12.7. The number of rotatable bonds is 4. The van der Waals surface area contributed by atoms with Crippen molar-refractivity contribution in [2.45, 2.75) is 45.4 Å². The molecule has 0 aromatic rings. The van der Waals surface area contributed by atoms with E-state index in [1.165, 1.54) is 8.61 Å². The van der Waals surface area contributed by atoms with Gasteiger partial charge in [0.25, 0.3) is 10.2 Å². The van der Waals surface area contributed by atoms with E-state index in [1.54, 1.807) is 6.92 Å². The molecule has 0 aromatic carbocycles. The first-order chi connectivity index (χ1) is 9.65. The van der Waals surface area contributed by atoms with E-state index in [0.29, 0.717) is 19.5 Å². The van der Waals surface area contributed by atoms with Crippen LogP contribution in [0.15, 0.2) is 0 Å². The van der Waals surface area contributed by atoms with Crippen molar-refractivity contribution in [1.82, 2.24) is 8.61 Å². The van der Waals surface area contributed by atoms with Gasteiger partial charge in [0.05, 0.1) is 23.7 Å². The minimum absolute atomic E-state index is 0.0691. The molecule has 2 heterocycles. The molecule has 9 heteroatoms. The van der Waals surface area contributed by atoms with Gasteiger partial charge in [0.2, 0.25) is 0 Å². The van der Waals surface area contributed by atoms with E-state index in [4.69, 9.17) is 4.74 Å². The van der Waals surface area contributed by atoms with Gasteiger partial charge < -0.3 is 4.74 Å². The Bertz CT molecular complexity index is 564. The van der Waals surface area contributed by atoms with Crippen molar-refractivity contribution in [1.29, 1.82) is 0 Å². The maximum Gasteiger partial charge on any atom is 0.282 e. The Kier molecular flexibility index (Phi) is 4.99. The second-order valence-electron chi connectivity index (χ2n) is 5.84. The van der Waals surface area contributed by atoms with Gasteiger partial charge in [-0.2, -0.15) is 17.0 Å². The first kappa shape index (κ1) is 17.1. The molecule has 0 radical (unpaired) electrons. The predicted molar refractivity (Wildman–Crippen MR) is 79.9 cm³/mol. The van der Waals surface area contributed by atoms with Crippen molar-refractivity contribution in [3.05, 3.63) is 0 Å². The summed E-state index contributed by atoms with van der Waals surface area (Å²) in [5, 5.41) is 0. The Labute approximate surface area is 127 Å². The third-order valence-corrected chi connectivity index (χ3v) is 7.79. The highest BCUT2D eigenvalue weighted by Gasteiger charge is 2.41. The van der Waals surface area contributed by atoms with Gasteiger partial charge in [-0.3, -0.25) is 0 Å². The summed E-state index contributed by atoms with van der Waals surface area (Å²) in [4.78, 5) is 0. The Morgan fingerprint density at radius 2 is 1.81 bits per heavy atom. The van der Waals surface area contributed by atoms with Crippen molar-refractivity contribution in [3.8, 4) is 0 Å². The molecule has 0 aromatic heterocycles. The molecule has 3 unspecified atom stereocenters. The molecule has 0 amide bonds. The molecule has 3 atom stereocenters. The summed E-state index contributed by atoms with van der Waals surface area (Å²) in [7, 11) is -6.76. The largest absolute Gasteiger partial charge is 0.373 e. The van der Waals surface area contributed by atoms with Gasteiger partial charge in [0, 0.05) is 25.7 Å². The lowest BCUT2D eigenvalue weighted by Crippen LogP contribution is -2.55. The summed E-state index contributed by atoms with van der Waals surface area (Å²) in [6, 6.07) is -0.446. The minimum Gasteiger partial charge on any atom is -0.373 e. The summed E-state index contributed by atoms with van der Waals surface area (Å²) >= 11 is 0. The van der Waals surface area contributed by atoms with Gasteiger partial charge in [-0.1, -0.05) is 6.92 Å². The van der Waals surface area contributed by atoms with Crippen LogP contribution in [0.2, 0.25) is 0 Å². The summed E-state index contributed by atoms with van der Waals surface area (Å²) in [5.74, 6) is -0.00484. The third-order valence-electron chi connectivity index (χ3n) is 3.94. The zero-order valence-corrected chi connectivity index (χ0v) is 14.4. The van der Waals surface area contributed by atoms with Gasteiger partial charge in [0.1, 0.15) is 0 Å². The molecule has 7 nitrogen and oxygen atoms in total. The highest BCUT2D eigenvalue weighted by atomic mass is 32.2. The lowest BCUT2D eigenvalue weighted by atomic mass is 10.3. The molecule has 2 fully saturated rings. The summed E-state index contributed by atoms with van der Waals surface area (Å²) in [6.45, 7) is 6.33.